The lowest BCUT2D eigenvalue weighted by Crippen LogP contribution is -2.07. The third-order valence-electron chi connectivity index (χ3n) is 2.10. The van der Waals surface area contributed by atoms with Gasteiger partial charge in [-0.15, -0.1) is 0 Å². The fourth-order valence-corrected chi connectivity index (χ4v) is 1.16. The van der Waals surface area contributed by atoms with Crippen molar-refractivity contribution in [2.45, 2.75) is 32.6 Å². The SMILES string of the molecule is CC[C@@H](CCO)CCC(=O)OC. The first-order chi connectivity index (χ1) is 5.74. The van der Waals surface area contributed by atoms with Gasteiger partial charge in [-0.1, -0.05) is 13.3 Å². The van der Waals surface area contributed by atoms with Gasteiger partial charge in [0.2, 0.25) is 0 Å². The van der Waals surface area contributed by atoms with Crippen molar-refractivity contribution < 1.29 is 14.6 Å². The summed E-state index contributed by atoms with van der Waals surface area (Å²) >= 11 is 0. The average Bonchev–Trinajstić information content (AvgIpc) is 2.11. The van der Waals surface area contributed by atoms with E-state index in [0.29, 0.717) is 12.3 Å². The minimum Gasteiger partial charge on any atom is -0.469 e. The second-order valence-electron chi connectivity index (χ2n) is 2.90. The number of carbonyl (C=O) groups excluding carboxylic acids is 1. The number of rotatable bonds is 6. The summed E-state index contributed by atoms with van der Waals surface area (Å²) < 4.78 is 4.52. The molecule has 0 aromatic carbocycles. The summed E-state index contributed by atoms with van der Waals surface area (Å²) in [5, 5.41) is 8.67. The molecule has 72 valence electrons. The molecule has 0 aliphatic heterocycles. The topological polar surface area (TPSA) is 46.5 Å². The molecular formula is C9H18O3. The lowest BCUT2D eigenvalue weighted by atomic mass is 9.97. The zero-order chi connectivity index (χ0) is 9.40. The van der Waals surface area contributed by atoms with Gasteiger partial charge < -0.3 is 9.84 Å². The average molecular weight is 174 g/mol. The largest absolute Gasteiger partial charge is 0.469 e. The van der Waals surface area contributed by atoms with Crippen LogP contribution in [-0.2, 0) is 9.53 Å². The Morgan fingerprint density at radius 1 is 1.50 bits per heavy atom. The van der Waals surface area contributed by atoms with E-state index in [1.807, 2.05) is 0 Å². The summed E-state index contributed by atoms with van der Waals surface area (Å²) in [4.78, 5) is 10.8. The van der Waals surface area contributed by atoms with Crippen molar-refractivity contribution in [2.75, 3.05) is 13.7 Å². The minimum atomic E-state index is -0.161. The summed E-state index contributed by atoms with van der Waals surface area (Å²) in [6.07, 6.45) is 3.09. The van der Waals surface area contributed by atoms with E-state index in [-0.39, 0.29) is 12.6 Å². The molecule has 0 spiro atoms. The van der Waals surface area contributed by atoms with Crippen LogP contribution < -0.4 is 0 Å². The van der Waals surface area contributed by atoms with Crippen LogP contribution in [-0.4, -0.2) is 24.8 Å². The molecule has 0 saturated carbocycles. The van der Waals surface area contributed by atoms with Crippen LogP contribution in [0, 0.1) is 5.92 Å². The van der Waals surface area contributed by atoms with Crippen molar-refractivity contribution in [3.8, 4) is 0 Å². The van der Waals surface area contributed by atoms with Gasteiger partial charge in [-0.2, -0.15) is 0 Å². The molecule has 0 aromatic heterocycles. The first-order valence-electron chi connectivity index (χ1n) is 4.42. The Morgan fingerprint density at radius 2 is 2.17 bits per heavy atom. The van der Waals surface area contributed by atoms with E-state index in [9.17, 15) is 4.79 Å². The van der Waals surface area contributed by atoms with E-state index in [4.69, 9.17) is 5.11 Å². The van der Waals surface area contributed by atoms with Gasteiger partial charge in [-0.3, -0.25) is 4.79 Å². The summed E-state index contributed by atoms with van der Waals surface area (Å²) in [6, 6.07) is 0. The van der Waals surface area contributed by atoms with Gasteiger partial charge in [0.15, 0.2) is 0 Å². The van der Waals surface area contributed by atoms with Crippen LogP contribution in [0.15, 0.2) is 0 Å². The van der Waals surface area contributed by atoms with Crippen LogP contribution in [0.1, 0.15) is 32.6 Å². The second-order valence-corrected chi connectivity index (χ2v) is 2.90. The number of hydrogen-bond donors (Lipinski definition) is 1. The second kappa shape index (κ2) is 7.10. The molecule has 0 aliphatic carbocycles. The van der Waals surface area contributed by atoms with Crippen molar-refractivity contribution in [1.29, 1.82) is 0 Å². The van der Waals surface area contributed by atoms with Crippen LogP contribution in [0.25, 0.3) is 0 Å². The van der Waals surface area contributed by atoms with E-state index in [1.165, 1.54) is 7.11 Å². The lowest BCUT2D eigenvalue weighted by Gasteiger charge is -2.11. The van der Waals surface area contributed by atoms with Crippen LogP contribution in [0.4, 0.5) is 0 Å². The van der Waals surface area contributed by atoms with E-state index < -0.39 is 0 Å². The standard InChI is InChI=1S/C9H18O3/c1-3-8(6-7-10)4-5-9(11)12-2/h8,10H,3-7H2,1-2H3/t8-/m1/s1. The number of methoxy groups -OCH3 is 1. The van der Waals surface area contributed by atoms with Crippen LogP contribution in [0.5, 0.6) is 0 Å². The fraction of sp³-hybridized carbons (Fsp3) is 0.889. The minimum absolute atomic E-state index is 0.161. The highest BCUT2D eigenvalue weighted by Gasteiger charge is 2.08. The Bertz CT molecular complexity index is 123. The quantitative estimate of drug-likeness (QED) is 0.618. The van der Waals surface area contributed by atoms with Gasteiger partial charge in [-0.25, -0.2) is 0 Å². The maximum absolute atomic E-state index is 10.8. The molecule has 0 aliphatic rings. The number of ether oxygens (including phenoxy) is 1. The molecule has 0 amide bonds. The van der Waals surface area contributed by atoms with E-state index in [2.05, 4.69) is 11.7 Å². The van der Waals surface area contributed by atoms with Crippen LogP contribution >= 0.6 is 0 Å². The summed E-state index contributed by atoms with van der Waals surface area (Å²) in [7, 11) is 1.40. The predicted octanol–water partition coefficient (Wildman–Crippen LogP) is 1.35. The molecule has 0 rings (SSSR count). The summed E-state index contributed by atoms with van der Waals surface area (Å²) in [5.74, 6) is 0.292. The van der Waals surface area contributed by atoms with Crippen molar-refractivity contribution in [1.82, 2.24) is 0 Å². The number of carbonyl (C=O) groups is 1. The Balaban J connectivity index is 3.50. The van der Waals surface area contributed by atoms with Gasteiger partial charge >= 0.3 is 5.97 Å². The van der Waals surface area contributed by atoms with Gasteiger partial charge in [0.25, 0.3) is 0 Å². The number of aliphatic hydroxyl groups is 1. The lowest BCUT2D eigenvalue weighted by molar-refractivity contribution is -0.141. The zero-order valence-corrected chi connectivity index (χ0v) is 7.88. The Kier molecular flexibility index (Phi) is 6.76. The highest BCUT2D eigenvalue weighted by Crippen LogP contribution is 2.14. The Morgan fingerprint density at radius 3 is 2.58 bits per heavy atom. The number of esters is 1. The maximum Gasteiger partial charge on any atom is 0.305 e. The molecule has 0 heterocycles. The highest BCUT2D eigenvalue weighted by molar-refractivity contribution is 5.69. The Hall–Kier alpha value is -0.570. The maximum atomic E-state index is 10.8. The molecule has 12 heavy (non-hydrogen) atoms. The molecule has 0 saturated heterocycles. The van der Waals surface area contributed by atoms with Gasteiger partial charge in [0.1, 0.15) is 0 Å². The molecule has 0 unspecified atom stereocenters. The number of aliphatic hydroxyl groups excluding tert-OH is 1. The summed E-state index contributed by atoms with van der Waals surface area (Å²) in [6.45, 7) is 2.28. The molecule has 3 heteroatoms. The Labute approximate surface area is 73.7 Å². The molecule has 0 bridgehead atoms. The smallest absolute Gasteiger partial charge is 0.305 e. The van der Waals surface area contributed by atoms with Crippen LogP contribution in [0.2, 0.25) is 0 Å². The predicted molar refractivity (Wildman–Crippen MR) is 46.7 cm³/mol. The van der Waals surface area contributed by atoms with E-state index in [1.54, 1.807) is 0 Å². The first-order valence-corrected chi connectivity index (χ1v) is 4.42. The third-order valence-corrected chi connectivity index (χ3v) is 2.10. The van der Waals surface area contributed by atoms with Crippen molar-refractivity contribution in [3.63, 3.8) is 0 Å². The fourth-order valence-electron chi connectivity index (χ4n) is 1.16. The highest BCUT2D eigenvalue weighted by atomic mass is 16.5. The van der Waals surface area contributed by atoms with Gasteiger partial charge in [-0.05, 0) is 18.8 Å². The molecule has 3 nitrogen and oxygen atoms in total. The molecule has 0 radical (unpaired) electrons. The van der Waals surface area contributed by atoms with E-state index in [0.717, 1.165) is 19.3 Å². The summed E-state index contributed by atoms with van der Waals surface area (Å²) in [5.41, 5.74) is 0. The molecule has 1 atom stereocenters. The van der Waals surface area contributed by atoms with Crippen molar-refractivity contribution in [3.05, 3.63) is 0 Å². The normalized spacial score (nSPS) is 12.6. The molecule has 0 fully saturated rings. The van der Waals surface area contributed by atoms with Crippen molar-refractivity contribution in [2.24, 2.45) is 5.92 Å². The molecular weight excluding hydrogens is 156 g/mol. The third kappa shape index (κ3) is 5.13. The van der Waals surface area contributed by atoms with Crippen molar-refractivity contribution >= 4 is 5.97 Å². The first kappa shape index (κ1) is 11.4. The monoisotopic (exact) mass is 174 g/mol. The van der Waals surface area contributed by atoms with Crippen LogP contribution in [0.3, 0.4) is 0 Å². The van der Waals surface area contributed by atoms with Gasteiger partial charge in [0, 0.05) is 13.0 Å². The molecule has 1 N–H and O–H groups in total. The zero-order valence-electron chi connectivity index (χ0n) is 7.88. The molecule has 0 aromatic rings. The number of hydrogen-bond acceptors (Lipinski definition) is 3. The van der Waals surface area contributed by atoms with Gasteiger partial charge in [0.05, 0.1) is 7.11 Å². The van der Waals surface area contributed by atoms with E-state index >= 15 is 0 Å².